The van der Waals surface area contributed by atoms with Crippen LogP contribution in [-0.2, 0) is 26.3 Å². The van der Waals surface area contributed by atoms with Crippen molar-refractivity contribution in [2.24, 2.45) is 0 Å². The summed E-state index contributed by atoms with van der Waals surface area (Å²) < 4.78 is 11.0. The number of hydrogen-bond donors (Lipinski definition) is 2. The predicted octanol–water partition coefficient (Wildman–Crippen LogP) is 2.75. The van der Waals surface area contributed by atoms with Crippen molar-refractivity contribution in [3.8, 4) is 16.5 Å². The number of rotatable bonds is 5. The Kier molecular flexibility index (Phi) is 6.10. The second-order valence-electron chi connectivity index (χ2n) is 8.24. The Balaban J connectivity index is 1.44. The molecular formula is C23H25N3O4S. The Labute approximate surface area is 185 Å². The summed E-state index contributed by atoms with van der Waals surface area (Å²) in [6, 6.07) is 11.2. The number of fused-ring (bicyclic) bond motifs is 1. The number of thiophene rings is 1. The first kappa shape index (κ1) is 21.5. The molecule has 7 nitrogen and oxygen atoms in total. The van der Waals surface area contributed by atoms with Gasteiger partial charge in [0.2, 0.25) is 0 Å². The minimum Gasteiger partial charge on any atom is -0.451 e. The SMILES string of the molecule is CC1(C)OC(=O)c2ccc(-c3ccc(C[C@@H](C#N)NC(=O)[C@@H]4CNCCCO4)s3)cc21. The Morgan fingerprint density at radius 3 is 3.03 bits per heavy atom. The number of hydrogen-bond acceptors (Lipinski definition) is 7. The van der Waals surface area contributed by atoms with E-state index in [4.69, 9.17) is 9.47 Å². The summed E-state index contributed by atoms with van der Waals surface area (Å²) >= 11 is 1.57. The molecule has 2 aliphatic rings. The second-order valence-corrected chi connectivity index (χ2v) is 9.41. The van der Waals surface area contributed by atoms with Crippen molar-refractivity contribution >= 4 is 23.2 Å². The molecule has 1 aromatic carbocycles. The minimum absolute atomic E-state index is 0.261. The van der Waals surface area contributed by atoms with Gasteiger partial charge in [0.1, 0.15) is 17.7 Å². The number of esters is 1. The van der Waals surface area contributed by atoms with E-state index in [-0.39, 0.29) is 11.9 Å². The lowest BCUT2D eigenvalue weighted by Gasteiger charge is -2.18. The number of benzene rings is 1. The Morgan fingerprint density at radius 2 is 2.23 bits per heavy atom. The Hall–Kier alpha value is -2.73. The van der Waals surface area contributed by atoms with Gasteiger partial charge >= 0.3 is 5.97 Å². The molecule has 0 bridgehead atoms. The molecule has 8 heteroatoms. The number of carbonyl (C=O) groups is 2. The van der Waals surface area contributed by atoms with Gasteiger partial charge in [-0.15, -0.1) is 11.3 Å². The molecule has 3 heterocycles. The highest BCUT2D eigenvalue weighted by molar-refractivity contribution is 7.15. The van der Waals surface area contributed by atoms with E-state index in [1.54, 1.807) is 17.4 Å². The molecule has 0 saturated carbocycles. The van der Waals surface area contributed by atoms with Crippen molar-refractivity contribution < 1.29 is 19.1 Å². The normalized spacial score (nSPS) is 20.8. The van der Waals surface area contributed by atoms with Crippen LogP contribution in [-0.4, -0.2) is 43.7 Å². The highest BCUT2D eigenvalue weighted by Gasteiger charge is 2.37. The van der Waals surface area contributed by atoms with Crippen molar-refractivity contribution in [2.75, 3.05) is 19.7 Å². The minimum atomic E-state index is -0.645. The van der Waals surface area contributed by atoms with Crippen LogP contribution in [0.3, 0.4) is 0 Å². The number of ether oxygens (including phenoxy) is 2. The molecule has 4 rings (SSSR count). The van der Waals surface area contributed by atoms with Gasteiger partial charge in [-0.05, 0) is 56.6 Å². The molecule has 1 amide bonds. The monoisotopic (exact) mass is 439 g/mol. The van der Waals surface area contributed by atoms with Crippen LogP contribution >= 0.6 is 11.3 Å². The third-order valence-corrected chi connectivity index (χ3v) is 6.66. The van der Waals surface area contributed by atoms with Crippen molar-refractivity contribution in [2.45, 2.75) is 44.4 Å². The maximum atomic E-state index is 12.5. The molecule has 1 aromatic heterocycles. The molecule has 2 N–H and O–H groups in total. The van der Waals surface area contributed by atoms with Gasteiger partial charge in [0.15, 0.2) is 0 Å². The van der Waals surface area contributed by atoms with Crippen LogP contribution in [0.15, 0.2) is 30.3 Å². The first-order valence-electron chi connectivity index (χ1n) is 10.4. The van der Waals surface area contributed by atoms with E-state index in [2.05, 4.69) is 16.7 Å². The zero-order chi connectivity index (χ0) is 22.0. The topological polar surface area (TPSA) is 100 Å². The molecule has 162 valence electrons. The van der Waals surface area contributed by atoms with Crippen molar-refractivity contribution in [1.82, 2.24) is 10.6 Å². The van der Waals surface area contributed by atoms with E-state index < -0.39 is 17.7 Å². The molecular weight excluding hydrogens is 414 g/mol. The summed E-state index contributed by atoms with van der Waals surface area (Å²) in [5.41, 5.74) is 1.84. The van der Waals surface area contributed by atoms with Crippen molar-refractivity contribution in [1.29, 1.82) is 5.26 Å². The van der Waals surface area contributed by atoms with Crippen LogP contribution in [0, 0.1) is 11.3 Å². The summed E-state index contributed by atoms with van der Waals surface area (Å²) in [7, 11) is 0. The summed E-state index contributed by atoms with van der Waals surface area (Å²) in [6.07, 6.45) is 0.714. The maximum Gasteiger partial charge on any atom is 0.339 e. The highest BCUT2D eigenvalue weighted by atomic mass is 32.1. The molecule has 0 aliphatic carbocycles. The van der Waals surface area contributed by atoms with Crippen LogP contribution in [0.5, 0.6) is 0 Å². The quantitative estimate of drug-likeness (QED) is 0.695. The molecule has 2 atom stereocenters. The van der Waals surface area contributed by atoms with Gasteiger partial charge in [0.25, 0.3) is 5.91 Å². The predicted molar refractivity (Wildman–Crippen MR) is 117 cm³/mol. The van der Waals surface area contributed by atoms with E-state index in [0.717, 1.165) is 33.8 Å². The Bertz CT molecular complexity index is 1030. The zero-order valence-electron chi connectivity index (χ0n) is 17.6. The van der Waals surface area contributed by atoms with Crippen molar-refractivity contribution in [3.05, 3.63) is 46.3 Å². The van der Waals surface area contributed by atoms with Gasteiger partial charge in [0.05, 0.1) is 11.6 Å². The average Bonchev–Trinajstić information content (AvgIpc) is 3.16. The van der Waals surface area contributed by atoms with Gasteiger partial charge in [-0.25, -0.2) is 4.79 Å². The van der Waals surface area contributed by atoms with E-state index in [9.17, 15) is 14.9 Å². The standard InChI is InChI=1S/C23H25N3O4S/c1-23(2)18-10-14(4-6-17(18)22(28)30-23)20-7-5-16(31-20)11-15(12-24)26-21(27)19-13-25-8-3-9-29-19/h4-7,10,15,19,25H,3,8-9,11,13H2,1-2H3,(H,26,27)/t15-,19-/m0/s1. The first-order valence-corrected chi connectivity index (χ1v) is 11.2. The molecule has 0 unspecified atom stereocenters. The molecule has 1 fully saturated rings. The van der Waals surface area contributed by atoms with Crippen LogP contribution < -0.4 is 10.6 Å². The number of nitrogens with zero attached hydrogens (tertiary/aromatic N) is 1. The fourth-order valence-corrected chi connectivity index (χ4v) is 4.89. The fraction of sp³-hybridized carbons (Fsp3) is 0.435. The van der Waals surface area contributed by atoms with Gasteiger partial charge in [0, 0.05) is 34.9 Å². The summed E-state index contributed by atoms with van der Waals surface area (Å²) in [6.45, 7) is 5.57. The van der Waals surface area contributed by atoms with Gasteiger partial charge in [-0.1, -0.05) is 6.07 Å². The van der Waals surface area contributed by atoms with Gasteiger partial charge in [-0.3, -0.25) is 4.79 Å². The highest BCUT2D eigenvalue weighted by Crippen LogP contribution is 2.39. The molecule has 31 heavy (non-hydrogen) atoms. The third kappa shape index (κ3) is 4.64. The summed E-state index contributed by atoms with van der Waals surface area (Å²) in [5.74, 6) is -0.554. The van der Waals surface area contributed by atoms with Crippen LogP contribution in [0.2, 0.25) is 0 Å². The first-order chi connectivity index (χ1) is 14.9. The number of nitriles is 1. The smallest absolute Gasteiger partial charge is 0.339 e. The molecule has 2 aliphatic heterocycles. The molecule has 0 spiro atoms. The number of carbonyl (C=O) groups excluding carboxylic acids is 2. The second kappa shape index (κ2) is 8.79. The summed E-state index contributed by atoms with van der Waals surface area (Å²) in [4.78, 5) is 26.5. The molecule has 2 aromatic rings. The van der Waals surface area contributed by atoms with E-state index in [1.165, 1.54) is 0 Å². The van der Waals surface area contributed by atoms with E-state index in [0.29, 0.717) is 25.1 Å². The summed E-state index contributed by atoms with van der Waals surface area (Å²) in [5, 5.41) is 15.5. The molecule has 1 saturated heterocycles. The van der Waals surface area contributed by atoms with Crippen LogP contribution in [0.4, 0.5) is 0 Å². The largest absolute Gasteiger partial charge is 0.451 e. The average molecular weight is 440 g/mol. The van der Waals surface area contributed by atoms with E-state index in [1.807, 2.05) is 38.1 Å². The number of amides is 1. The lowest BCUT2D eigenvalue weighted by Crippen LogP contribution is -2.46. The molecule has 0 radical (unpaired) electrons. The zero-order valence-corrected chi connectivity index (χ0v) is 18.4. The number of cyclic esters (lactones) is 1. The fourth-order valence-electron chi connectivity index (χ4n) is 3.84. The van der Waals surface area contributed by atoms with Crippen molar-refractivity contribution in [3.63, 3.8) is 0 Å². The lowest BCUT2D eigenvalue weighted by atomic mass is 9.94. The number of nitrogens with one attached hydrogen (secondary N) is 2. The van der Waals surface area contributed by atoms with Gasteiger partial charge < -0.3 is 20.1 Å². The Morgan fingerprint density at radius 1 is 1.39 bits per heavy atom. The van der Waals surface area contributed by atoms with Gasteiger partial charge in [-0.2, -0.15) is 5.26 Å². The lowest BCUT2D eigenvalue weighted by molar-refractivity contribution is -0.132. The third-order valence-electron chi connectivity index (χ3n) is 5.50. The maximum absolute atomic E-state index is 12.5. The van der Waals surface area contributed by atoms with E-state index >= 15 is 0 Å². The van der Waals surface area contributed by atoms with Crippen LogP contribution in [0.25, 0.3) is 10.4 Å². The van der Waals surface area contributed by atoms with Crippen LogP contribution in [0.1, 0.15) is 41.1 Å².